The van der Waals surface area contributed by atoms with E-state index >= 15 is 0 Å². The molecule has 0 aliphatic rings. The minimum absolute atomic E-state index is 0.105. The zero-order valence-electron chi connectivity index (χ0n) is 9.63. The maximum atomic E-state index is 10.7. The van der Waals surface area contributed by atoms with Gasteiger partial charge in [0, 0.05) is 6.54 Å². The largest absolute Gasteiger partial charge is 0.387 e. The van der Waals surface area contributed by atoms with Gasteiger partial charge in [-0.25, -0.2) is 0 Å². The summed E-state index contributed by atoms with van der Waals surface area (Å²) < 4.78 is 0. The molecule has 0 fully saturated rings. The molecule has 0 aromatic heterocycles. The normalized spacial score (nSPS) is 12.1. The Morgan fingerprint density at radius 3 is 2.59 bits per heavy atom. The van der Waals surface area contributed by atoms with Crippen molar-refractivity contribution in [3.63, 3.8) is 0 Å². The number of aliphatic hydroxyl groups excluding tert-OH is 1. The quantitative estimate of drug-likeness (QED) is 0.749. The number of carbonyl (C=O) groups excluding carboxylic acids is 1. The van der Waals surface area contributed by atoms with Crippen LogP contribution in [0.2, 0.25) is 0 Å². The summed E-state index contributed by atoms with van der Waals surface area (Å²) in [6, 6.07) is 8.69. The van der Waals surface area contributed by atoms with Gasteiger partial charge in [0.25, 0.3) is 0 Å². The number of nitrogens with two attached hydrogens (primary N) is 1. The lowest BCUT2D eigenvalue weighted by Gasteiger charge is -2.19. The highest BCUT2D eigenvalue weighted by atomic mass is 16.3. The van der Waals surface area contributed by atoms with Gasteiger partial charge in [-0.15, -0.1) is 0 Å². The summed E-state index contributed by atoms with van der Waals surface area (Å²) in [6.07, 6.45) is -0.702. The number of hydrogen-bond acceptors (Lipinski definition) is 4. The molecule has 1 amide bonds. The van der Waals surface area contributed by atoms with Crippen molar-refractivity contribution in [2.45, 2.75) is 6.10 Å². The van der Waals surface area contributed by atoms with Gasteiger partial charge >= 0.3 is 0 Å². The van der Waals surface area contributed by atoms with E-state index in [9.17, 15) is 9.90 Å². The Kier molecular flexibility index (Phi) is 4.64. The lowest BCUT2D eigenvalue weighted by molar-refractivity contribution is -0.119. The number of amides is 1. The van der Waals surface area contributed by atoms with E-state index in [1.165, 1.54) is 0 Å². The molecular weight excluding hydrogens is 218 g/mol. The molecule has 0 spiro atoms. The van der Waals surface area contributed by atoms with Gasteiger partial charge in [-0.3, -0.25) is 9.69 Å². The smallest absolute Gasteiger partial charge is 0.231 e. The summed E-state index contributed by atoms with van der Waals surface area (Å²) in [5, 5.41) is 18.5. The van der Waals surface area contributed by atoms with Crippen LogP contribution in [0.4, 0.5) is 0 Å². The summed E-state index contributed by atoms with van der Waals surface area (Å²) in [5.74, 6) is -0.431. The van der Waals surface area contributed by atoms with Crippen molar-refractivity contribution < 1.29 is 9.90 Å². The predicted octanol–water partition coefficient (Wildman–Crippen LogP) is 0.00878. The number of primary amides is 1. The molecule has 17 heavy (non-hydrogen) atoms. The molecule has 5 nitrogen and oxygen atoms in total. The van der Waals surface area contributed by atoms with E-state index in [4.69, 9.17) is 11.0 Å². The average molecular weight is 233 g/mol. The number of nitrogens with zero attached hydrogens (tertiary/aromatic N) is 2. The number of carbonyl (C=O) groups is 1. The van der Waals surface area contributed by atoms with E-state index < -0.39 is 12.0 Å². The van der Waals surface area contributed by atoms with Gasteiger partial charge in [-0.1, -0.05) is 12.1 Å². The molecule has 90 valence electrons. The Balaban J connectivity index is 2.60. The van der Waals surface area contributed by atoms with Crippen molar-refractivity contribution in [1.82, 2.24) is 4.90 Å². The van der Waals surface area contributed by atoms with Crippen molar-refractivity contribution in [2.24, 2.45) is 5.73 Å². The van der Waals surface area contributed by atoms with Gasteiger partial charge in [-0.05, 0) is 24.7 Å². The molecule has 0 bridgehead atoms. The highest BCUT2D eigenvalue weighted by Gasteiger charge is 2.11. The first-order valence-electron chi connectivity index (χ1n) is 5.18. The first-order chi connectivity index (χ1) is 8.02. The highest BCUT2D eigenvalue weighted by molar-refractivity contribution is 5.75. The van der Waals surface area contributed by atoms with E-state index in [2.05, 4.69) is 0 Å². The van der Waals surface area contributed by atoms with Gasteiger partial charge in [0.05, 0.1) is 24.3 Å². The van der Waals surface area contributed by atoms with E-state index in [1.54, 1.807) is 36.2 Å². The van der Waals surface area contributed by atoms with Crippen LogP contribution >= 0.6 is 0 Å². The first kappa shape index (κ1) is 13.2. The van der Waals surface area contributed by atoms with Crippen LogP contribution in [-0.4, -0.2) is 36.1 Å². The monoisotopic (exact) mass is 233 g/mol. The molecule has 1 atom stereocenters. The molecule has 0 saturated carbocycles. The maximum Gasteiger partial charge on any atom is 0.231 e. The molecule has 0 heterocycles. The van der Waals surface area contributed by atoms with Gasteiger partial charge in [0.15, 0.2) is 0 Å². The Labute approximate surface area is 100 Å². The van der Waals surface area contributed by atoms with Crippen LogP contribution < -0.4 is 5.73 Å². The summed E-state index contributed by atoms with van der Waals surface area (Å²) in [7, 11) is 1.71. The molecule has 5 heteroatoms. The van der Waals surface area contributed by atoms with E-state index in [1.807, 2.05) is 6.07 Å². The minimum Gasteiger partial charge on any atom is -0.387 e. The Bertz CT molecular complexity index is 422. The molecule has 3 N–H and O–H groups in total. The lowest BCUT2D eigenvalue weighted by atomic mass is 10.1. The topological polar surface area (TPSA) is 90.3 Å². The van der Waals surface area contributed by atoms with E-state index in [-0.39, 0.29) is 6.54 Å². The second kappa shape index (κ2) is 5.99. The fraction of sp³-hybridized carbons (Fsp3) is 0.333. The summed E-state index contributed by atoms with van der Waals surface area (Å²) >= 11 is 0. The van der Waals surface area contributed by atoms with Gasteiger partial charge in [0.2, 0.25) is 5.91 Å². The number of likely N-dealkylation sites (N-methyl/N-ethyl adjacent to an activating group) is 1. The van der Waals surface area contributed by atoms with Crippen LogP contribution in [0, 0.1) is 11.3 Å². The molecule has 0 aliphatic heterocycles. The van der Waals surface area contributed by atoms with Crippen LogP contribution in [-0.2, 0) is 4.79 Å². The summed E-state index contributed by atoms with van der Waals surface area (Å²) in [5.41, 5.74) is 6.30. The summed E-state index contributed by atoms with van der Waals surface area (Å²) in [4.78, 5) is 12.3. The molecule has 0 saturated heterocycles. The SMILES string of the molecule is CN(CC(N)=O)CC(O)c1ccc(C#N)cc1. The Hall–Kier alpha value is -1.90. The second-order valence-corrected chi connectivity index (χ2v) is 3.91. The van der Waals surface area contributed by atoms with Crippen molar-refractivity contribution in [2.75, 3.05) is 20.1 Å². The first-order valence-corrected chi connectivity index (χ1v) is 5.18. The van der Waals surface area contributed by atoms with Crippen molar-refractivity contribution in [3.05, 3.63) is 35.4 Å². The molecule has 1 aromatic carbocycles. The van der Waals surface area contributed by atoms with Crippen LogP contribution in [0.1, 0.15) is 17.2 Å². The van der Waals surface area contributed by atoms with Gasteiger partial charge in [-0.2, -0.15) is 5.26 Å². The average Bonchev–Trinajstić information content (AvgIpc) is 2.28. The zero-order valence-corrected chi connectivity index (χ0v) is 9.63. The Morgan fingerprint density at radius 1 is 1.53 bits per heavy atom. The number of nitriles is 1. The molecule has 1 unspecified atom stereocenters. The van der Waals surface area contributed by atoms with Gasteiger partial charge < -0.3 is 10.8 Å². The number of rotatable bonds is 5. The zero-order chi connectivity index (χ0) is 12.8. The standard InChI is InChI=1S/C12H15N3O2/c1-15(8-12(14)17)7-11(16)10-4-2-9(6-13)3-5-10/h2-5,11,16H,7-8H2,1H3,(H2,14,17). The third-order valence-electron chi connectivity index (χ3n) is 2.33. The highest BCUT2D eigenvalue weighted by Crippen LogP contribution is 2.14. The predicted molar refractivity (Wildman–Crippen MR) is 62.8 cm³/mol. The van der Waals surface area contributed by atoms with Crippen molar-refractivity contribution >= 4 is 5.91 Å². The van der Waals surface area contributed by atoms with E-state index in [0.717, 1.165) is 0 Å². The fourth-order valence-corrected chi connectivity index (χ4v) is 1.51. The third kappa shape index (κ3) is 4.23. The van der Waals surface area contributed by atoms with Gasteiger partial charge in [0.1, 0.15) is 0 Å². The van der Waals surface area contributed by atoms with Crippen LogP contribution in [0.25, 0.3) is 0 Å². The summed E-state index contributed by atoms with van der Waals surface area (Å²) in [6.45, 7) is 0.419. The minimum atomic E-state index is -0.702. The molecule has 0 aliphatic carbocycles. The molecule has 0 radical (unpaired) electrons. The fourth-order valence-electron chi connectivity index (χ4n) is 1.51. The van der Waals surface area contributed by atoms with E-state index in [0.29, 0.717) is 17.7 Å². The second-order valence-electron chi connectivity index (χ2n) is 3.91. The number of benzene rings is 1. The number of hydrogen-bond donors (Lipinski definition) is 2. The van der Waals surface area contributed by atoms with Crippen LogP contribution in [0.3, 0.4) is 0 Å². The Morgan fingerprint density at radius 2 is 2.12 bits per heavy atom. The molecule has 1 rings (SSSR count). The van der Waals surface area contributed by atoms with Crippen LogP contribution in [0.5, 0.6) is 0 Å². The lowest BCUT2D eigenvalue weighted by Crippen LogP contribution is -2.33. The molecule has 1 aromatic rings. The third-order valence-corrected chi connectivity index (χ3v) is 2.33. The number of aliphatic hydroxyl groups is 1. The maximum absolute atomic E-state index is 10.7. The van der Waals surface area contributed by atoms with Crippen molar-refractivity contribution in [1.29, 1.82) is 5.26 Å². The van der Waals surface area contributed by atoms with Crippen molar-refractivity contribution in [3.8, 4) is 6.07 Å². The molecular formula is C12H15N3O2. The van der Waals surface area contributed by atoms with Crippen LogP contribution in [0.15, 0.2) is 24.3 Å².